The molecule has 0 radical (unpaired) electrons. The number of aliphatic imine (C=N–C) groups is 1. The normalized spacial score (nSPS) is 11.0. The van der Waals surface area contributed by atoms with E-state index in [4.69, 9.17) is 4.99 Å². The molecule has 0 atom stereocenters. The van der Waals surface area contributed by atoms with E-state index in [1.54, 1.807) is 6.20 Å². The Balaban J connectivity index is 0.00000264. The summed E-state index contributed by atoms with van der Waals surface area (Å²) in [6, 6.07) is 12.4. The minimum Gasteiger partial charge on any atom is -0.357 e. The van der Waals surface area contributed by atoms with Crippen molar-refractivity contribution in [2.75, 3.05) is 20.1 Å². The van der Waals surface area contributed by atoms with Gasteiger partial charge in [0.25, 0.3) is 0 Å². The molecule has 23 heavy (non-hydrogen) atoms. The van der Waals surface area contributed by atoms with E-state index < -0.39 is 0 Å². The van der Waals surface area contributed by atoms with Crippen LogP contribution in [-0.2, 0) is 13.1 Å². The van der Waals surface area contributed by atoms with Gasteiger partial charge < -0.3 is 10.2 Å². The highest BCUT2D eigenvalue weighted by Crippen LogP contribution is 2.03. The first-order valence-electron chi connectivity index (χ1n) is 7.80. The second-order valence-electron chi connectivity index (χ2n) is 5.20. The molecule has 0 amide bonds. The summed E-state index contributed by atoms with van der Waals surface area (Å²) in [5.41, 5.74) is 1.28. The van der Waals surface area contributed by atoms with E-state index in [2.05, 4.69) is 53.6 Å². The Hall–Kier alpha value is -1.57. The highest BCUT2D eigenvalue weighted by molar-refractivity contribution is 14.0. The lowest BCUT2D eigenvalue weighted by molar-refractivity contribution is 0.475. The molecule has 0 saturated heterocycles. The average molecular weight is 427 g/mol. The van der Waals surface area contributed by atoms with E-state index in [1.165, 1.54) is 5.56 Å². The predicted molar refractivity (Wildman–Crippen MR) is 106 cm³/mol. The van der Waals surface area contributed by atoms with Crippen molar-refractivity contribution >= 4 is 29.9 Å². The molecule has 5 nitrogen and oxygen atoms in total. The molecule has 0 aliphatic heterocycles. The molecule has 6 heteroatoms. The van der Waals surface area contributed by atoms with Crippen LogP contribution in [0.5, 0.6) is 0 Å². The van der Waals surface area contributed by atoms with Gasteiger partial charge in [-0.2, -0.15) is 5.10 Å². The summed E-state index contributed by atoms with van der Waals surface area (Å²) in [7, 11) is 2.07. The lowest BCUT2D eigenvalue weighted by Gasteiger charge is -2.22. The zero-order valence-corrected chi connectivity index (χ0v) is 16.2. The highest BCUT2D eigenvalue weighted by atomic mass is 127. The van der Waals surface area contributed by atoms with Gasteiger partial charge in [0.05, 0.1) is 0 Å². The number of aromatic nitrogens is 2. The fourth-order valence-corrected chi connectivity index (χ4v) is 2.25. The van der Waals surface area contributed by atoms with E-state index in [0.29, 0.717) is 0 Å². The SMILES string of the molecule is CCNC(=NCCCn1cccn1)N(C)Cc1ccccc1.I. The smallest absolute Gasteiger partial charge is 0.193 e. The fourth-order valence-electron chi connectivity index (χ4n) is 2.25. The first-order chi connectivity index (χ1) is 10.8. The van der Waals surface area contributed by atoms with Gasteiger partial charge in [-0.25, -0.2) is 0 Å². The van der Waals surface area contributed by atoms with Crippen LogP contribution >= 0.6 is 24.0 Å². The third-order valence-electron chi connectivity index (χ3n) is 3.33. The van der Waals surface area contributed by atoms with E-state index >= 15 is 0 Å². The van der Waals surface area contributed by atoms with Crippen molar-refractivity contribution < 1.29 is 0 Å². The largest absolute Gasteiger partial charge is 0.357 e. The van der Waals surface area contributed by atoms with Gasteiger partial charge in [0.2, 0.25) is 0 Å². The molecule has 1 aromatic heterocycles. The highest BCUT2D eigenvalue weighted by Gasteiger charge is 2.05. The Morgan fingerprint density at radius 2 is 2.04 bits per heavy atom. The van der Waals surface area contributed by atoms with Crippen LogP contribution in [0, 0.1) is 0 Å². The maximum absolute atomic E-state index is 4.70. The topological polar surface area (TPSA) is 45.5 Å². The number of benzene rings is 1. The molecular formula is C17H26IN5. The Bertz CT molecular complexity index is 554. The molecule has 1 heterocycles. The summed E-state index contributed by atoms with van der Waals surface area (Å²) in [5.74, 6) is 0.951. The van der Waals surface area contributed by atoms with Crippen molar-refractivity contribution in [2.24, 2.45) is 4.99 Å². The summed E-state index contributed by atoms with van der Waals surface area (Å²) >= 11 is 0. The van der Waals surface area contributed by atoms with Gasteiger partial charge in [-0.05, 0) is 25.0 Å². The number of nitrogens with zero attached hydrogens (tertiary/aromatic N) is 4. The Labute approximate surface area is 155 Å². The predicted octanol–water partition coefficient (Wildman–Crippen LogP) is 2.99. The van der Waals surface area contributed by atoms with Crippen molar-refractivity contribution in [3.63, 3.8) is 0 Å². The molecule has 0 spiro atoms. The summed E-state index contributed by atoms with van der Waals surface area (Å²) in [6.07, 6.45) is 4.77. The van der Waals surface area contributed by atoms with Crippen molar-refractivity contribution in [3.8, 4) is 0 Å². The van der Waals surface area contributed by atoms with Gasteiger partial charge in [-0.1, -0.05) is 30.3 Å². The van der Waals surface area contributed by atoms with Gasteiger partial charge in [0, 0.05) is 45.6 Å². The number of guanidine groups is 1. The number of hydrogen-bond acceptors (Lipinski definition) is 2. The summed E-state index contributed by atoms with van der Waals surface area (Å²) in [5, 5.41) is 7.55. The molecule has 2 rings (SSSR count). The first-order valence-corrected chi connectivity index (χ1v) is 7.80. The number of rotatable bonds is 7. The van der Waals surface area contributed by atoms with Crippen LogP contribution in [0.25, 0.3) is 0 Å². The average Bonchev–Trinajstić information content (AvgIpc) is 3.04. The quantitative estimate of drug-likeness (QED) is 0.320. The molecule has 2 aromatic rings. The van der Waals surface area contributed by atoms with Crippen LogP contribution < -0.4 is 5.32 Å². The van der Waals surface area contributed by atoms with Crippen molar-refractivity contribution in [1.82, 2.24) is 20.0 Å². The molecule has 1 N–H and O–H groups in total. The minimum absolute atomic E-state index is 0. The zero-order chi connectivity index (χ0) is 15.6. The van der Waals surface area contributed by atoms with Gasteiger partial charge in [0.1, 0.15) is 0 Å². The molecule has 0 aliphatic carbocycles. The van der Waals surface area contributed by atoms with Crippen molar-refractivity contribution in [1.29, 1.82) is 0 Å². The number of aryl methyl sites for hydroxylation is 1. The molecule has 126 valence electrons. The third-order valence-corrected chi connectivity index (χ3v) is 3.33. The van der Waals surface area contributed by atoms with E-state index in [0.717, 1.165) is 38.6 Å². The van der Waals surface area contributed by atoms with E-state index in [1.807, 2.05) is 23.0 Å². The number of halogens is 1. The summed E-state index contributed by atoms with van der Waals surface area (Å²) < 4.78 is 1.94. The molecule has 0 fully saturated rings. The van der Waals surface area contributed by atoms with Gasteiger partial charge >= 0.3 is 0 Å². The first kappa shape index (κ1) is 19.5. The number of nitrogens with one attached hydrogen (secondary N) is 1. The third kappa shape index (κ3) is 7.02. The number of hydrogen-bond donors (Lipinski definition) is 1. The van der Waals surface area contributed by atoms with Gasteiger partial charge in [-0.3, -0.25) is 9.67 Å². The molecule has 0 bridgehead atoms. The zero-order valence-electron chi connectivity index (χ0n) is 13.9. The monoisotopic (exact) mass is 427 g/mol. The summed E-state index contributed by atoms with van der Waals surface area (Å²) in [6.45, 7) is 5.51. The van der Waals surface area contributed by atoms with Crippen LogP contribution in [0.3, 0.4) is 0 Å². The molecule has 0 saturated carbocycles. The van der Waals surface area contributed by atoms with Gasteiger partial charge in [-0.15, -0.1) is 24.0 Å². The Kier molecular flexibility index (Phi) is 9.35. The summed E-state index contributed by atoms with van der Waals surface area (Å²) in [4.78, 5) is 6.86. The van der Waals surface area contributed by atoms with E-state index in [-0.39, 0.29) is 24.0 Å². The van der Waals surface area contributed by atoms with Crippen molar-refractivity contribution in [2.45, 2.75) is 26.4 Å². The van der Waals surface area contributed by atoms with Crippen LogP contribution in [0.15, 0.2) is 53.8 Å². The Morgan fingerprint density at radius 1 is 1.26 bits per heavy atom. The fraction of sp³-hybridized carbons (Fsp3) is 0.412. The lowest BCUT2D eigenvalue weighted by atomic mass is 10.2. The van der Waals surface area contributed by atoms with Crippen LogP contribution in [0.2, 0.25) is 0 Å². The maximum Gasteiger partial charge on any atom is 0.193 e. The van der Waals surface area contributed by atoms with E-state index in [9.17, 15) is 0 Å². The van der Waals surface area contributed by atoms with Gasteiger partial charge in [0.15, 0.2) is 5.96 Å². The Morgan fingerprint density at radius 3 is 2.70 bits per heavy atom. The molecule has 0 unspecified atom stereocenters. The van der Waals surface area contributed by atoms with Crippen LogP contribution in [0.4, 0.5) is 0 Å². The minimum atomic E-state index is 0. The van der Waals surface area contributed by atoms with Crippen LogP contribution in [-0.4, -0.2) is 40.8 Å². The molecule has 1 aromatic carbocycles. The van der Waals surface area contributed by atoms with Crippen molar-refractivity contribution in [3.05, 3.63) is 54.4 Å². The molecule has 0 aliphatic rings. The second-order valence-corrected chi connectivity index (χ2v) is 5.20. The standard InChI is InChI=1S/C17H25N5.HI/c1-3-18-17(19-11-7-13-22-14-8-12-20-22)21(2)15-16-9-5-4-6-10-16;/h4-6,8-10,12,14H,3,7,11,13,15H2,1-2H3,(H,18,19);1H. The maximum atomic E-state index is 4.70. The lowest BCUT2D eigenvalue weighted by Crippen LogP contribution is -2.38. The molecular weight excluding hydrogens is 401 g/mol. The van der Waals surface area contributed by atoms with Crippen LogP contribution in [0.1, 0.15) is 18.9 Å². The second kappa shape index (κ2) is 11.0.